The normalized spacial score (nSPS) is 20.2. The third-order valence-electron chi connectivity index (χ3n) is 4.17. The number of benzene rings is 1. The first-order valence-electron chi connectivity index (χ1n) is 7.76. The summed E-state index contributed by atoms with van der Waals surface area (Å²) in [5.74, 6) is 0.460. The molecule has 0 saturated carbocycles. The van der Waals surface area contributed by atoms with Crippen LogP contribution in [0.15, 0.2) is 23.2 Å². The molecule has 1 aromatic carbocycles. The van der Waals surface area contributed by atoms with Crippen molar-refractivity contribution in [3.8, 4) is 0 Å². The van der Waals surface area contributed by atoms with E-state index < -0.39 is 0 Å². The third-order valence-corrected chi connectivity index (χ3v) is 4.73. The number of nitrogens with one attached hydrogen (secondary N) is 1. The molecule has 2 unspecified atom stereocenters. The molecule has 0 amide bonds. The van der Waals surface area contributed by atoms with E-state index in [9.17, 15) is 0 Å². The number of rotatable bonds is 5. The Morgan fingerprint density at radius 2 is 2.22 bits per heavy atom. The Bertz CT molecular complexity index is 539. The second kappa shape index (κ2) is 9.91. The number of aliphatic imine (C=N–C) groups is 1. The van der Waals surface area contributed by atoms with E-state index in [1.54, 1.807) is 6.07 Å². The van der Waals surface area contributed by atoms with E-state index >= 15 is 0 Å². The van der Waals surface area contributed by atoms with Crippen LogP contribution in [-0.4, -0.2) is 36.5 Å². The summed E-state index contributed by atoms with van der Waals surface area (Å²) in [4.78, 5) is 6.94. The fourth-order valence-electron chi connectivity index (χ4n) is 2.92. The molecule has 1 saturated heterocycles. The van der Waals surface area contributed by atoms with E-state index in [-0.39, 0.29) is 30.0 Å². The standard InChI is InChI=1S/C16H24Cl2N4.HI/c1-3-22-8-4-5-13(22)10-20-16(19)21-11(2)14-7-6-12(17)9-15(14)18;/h6-7,9,11,13H,3-5,8,10H2,1-2H3,(H3,19,20,21);1H. The molecule has 1 aromatic rings. The smallest absolute Gasteiger partial charge is 0.189 e. The minimum atomic E-state index is -0.0145. The predicted molar refractivity (Wildman–Crippen MR) is 110 cm³/mol. The molecular weight excluding hydrogens is 446 g/mol. The second-order valence-electron chi connectivity index (χ2n) is 5.68. The van der Waals surface area contributed by atoms with Gasteiger partial charge in [-0.25, -0.2) is 0 Å². The van der Waals surface area contributed by atoms with Crippen molar-refractivity contribution in [1.82, 2.24) is 10.2 Å². The van der Waals surface area contributed by atoms with Crippen molar-refractivity contribution in [3.05, 3.63) is 33.8 Å². The molecule has 1 aliphatic rings. The lowest BCUT2D eigenvalue weighted by molar-refractivity contribution is 0.273. The Kier molecular flexibility index (Phi) is 8.97. The number of nitrogens with two attached hydrogens (primary N) is 1. The zero-order chi connectivity index (χ0) is 16.1. The molecule has 3 N–H and O–H groups in total. The molecule has 7 heteroatoms. The van der Waals surface area contributed by atoms with E-state index in [1.807, 2.05) is 19.1 Å². The highest BCUT2D eigenvalue weighted by atomic mass is 127. The van der Waals surface area contributed by atoms with Gasteiger partial charge in [0.2, 0.25) is 0 Å². The van der Waals surface area contributed by atoms with E-state index in [0.717, 1.165) is 18.7 Å². The Hall–Kier alpha value is -0.240. The van der Waals surface area contributed by atoms with Gasteiger partial charge in [-0.05, 0) is 50.6 Å². The average Bonchev–Trinajstić information content (AvgIpc) is 2.92. The minimum absolute atomic E-state index is 0. The molecule has 0 radical (unpaired) electrons. The van der Waals surface area contributed by atoms with Gasteiger partial charge in [0.05, 0.1) is 12.6 Å². The maximum absolute atomic E-state index is 6.21. The summed E-state index contributed by atoms with van der Waals surface area (Å²) in [5, 5.41) is 4.46. The number of likely N-dealkylation sites (N-methyl/N-ethyl adjacent to an activating group) is 1. The van der Waals surface area contributed by atoms with Gasteiger partial charge in [0.15, 0.2) is 5.96 Å². The van der Waals surface area contributed by atoms with Crippen LogP contribution in [0.1, 0.15) is 38.3 Å². The van der Waals surface area contributed by atoms with Crippen LogP contribution in [0.3, 0.4) is 0 Å². The summed E-state index contributed by atoms with van der Waals surface area (Å²) in [6, 6.07) is 5.97. The predicted octanol–water partition coefficient (Wildman–Crippen LogP) is 4.06. The molecule has 1 fully saturated rings. The third kappa shape index (κ3) is 5.96. The van der Waals surface area contributed by atoms with Gasteiger partial charge in [-0.1, -0.05) is 36.2 Å². The van der Waals surface area contributed by atoms with Crippen LogP contribution in [0, 0.1) is 0 Å². The van der Waals surface area contributed by atoms with Crippen molar-refractivity contribution in [2.45, 2.75) is 38.8 Å². The maximum atomic E-state index is 6.21. The van der Waals surface area contributed by atoms with Crippen LogP contribution >= 0.6 is 47.2 Å². The maximum Gasteiger partial charge on any atom is 0.189 e. The minimum Gasteiger partial charge on any atom is -0.370 e. The number of hydrogen-bond donors (Lipinski definition) is 2. The Morgan fingerprint density at radius 1 is 1.48 bits per heavy atom. The van der Waals surface area contributed by atoms with Gasteiger partial charge >= 0.3 is 0 Å². The van der Waals surface area contributed by atoms with E-state index in [4.69, 9.17) is 28.9 Å². The van der Waals surface area contributed by atoms with Crippen LogP contribution in [0.2, 0.25) is 10.0 Å². The van der Waals surface area contributed by atoms with Gasteiger partial charge in [-0.2, -0.15) is 0 Å². The Balaban J connectivity index is 0.00000264. The summed E-state index contributed by atoms with van der Waals surface area (Å²) in [6.45, 7) is 7.18. The second-order valence-corrected chi connectivity index (χ2v) is 6.53. The molecule has 0 bridgehead atoms. The first-order valence-corrected chi connectivity index (χ1v) is 8.52. The largest absolute Gasteiger partial charge is 0.370 e. The molecular formula is C16H25Cl2IN4. The van der Waals surface area contributed by atoms with Gasteiger partial charge in [0.1, 0.15) is 0 Å². The highest BCUT2D eigenvalue weighted by Gasteiger charge is 2.22. The van der Waals surface area contributed by atoms with Crippen LogP contribution in [-0.2, 0) is 0 Å². The van der Waals surface area contributed by atoms with Crippen molar-refractivity contribution < 1.29 is 0 Å². The van der Waals surface area contributed by atoms with Gasteiger partial charge in [-0.15, -0.1) is 24.0 Å². The summed E-state index contributed by atoms with van der Waals surface area (Å²) >= 11 is 12.1. The van der Waals surface area contributed by atoms with Gasteiger partial charge in [0.25, 0.3) is 0 Å². The van der Waals surface area contributed by atoms with Gasteiger partial charge in [0, 0.05) is 16.1 Å². The Morgan fingerprint density at radius 3 is 2.87 bits per heavy atom. The van der Waals surface area contributed by atoms with E-state index in [0.29, 0.717) is 22.0 Å². The van der Waals surface area contributed by atoms with Crippen LogP contribution in [0.5, 0.6) is 0 Å². The fraction of sp³-hybridized carbons (Fsp3) is 0.562. The highest BCUT2D eigenvalue weighted by molar-refractivity contribution is 14.0. The molecule has 2 rings (SSSR count). The zero-order valence-corrected chi connectivity index (χ0v) is 17.4. The molecule has 130 valence electrons. The number of guanidine groups is 1. The molecule has 1 aliphatic heterocycles. The summed E-state index contributed by atoms with van der Waals surface area (Å²) in [5.41, 5.74) is 6.97. The summed E-state index contributed by atoms with van der Waals surface area (Å²) in [7, 11) is 0. The lowest BCUT2D eigenvalue weighted by Crippen LogP contribution is -2.36. The van der Waals surface area contributed by atoms with Crippen LogP contribution in [0.25, 0.3) is 0 Å². The zero-order valence-electron chi connectivity index (χ0n) is 13.6. The summed E-state index contributed by atoms with van der Waals surface area (Å²) in [6.07, 6.45) is 2.45. The molecule has 0 aromatic heterocycles. The van der Waals surface area contributed by atoms with Crippen molar-refractivity contribution in [2.24, 2.45) is 10.7 Å². The molecule has 0 aliphatic carbocycles. The SMILES string of the molecule is CCN1CCCC1CN=C(N)NC(C)c1ccc(Cl)cc1Cl.I. The molecule has 0 spiro atoms. The van der Waals surface area contributed by atoms with Crippen molar-refractivity contribution >= 4 is 53.1 Å². The van der Waals surface area contributed by atoms with E-state index in [1.165, 1.54) is 19.4 Å². The van der Waals surface area contributed by atoms with Crippen molar-refractivity contribution in [2.75, 3.05) is 19.6 Å². The number of hydrogen-bond acceptors (Lipinski definition) is 2. The lowest BCUT2D eigenvalue weighted by atomic mass is 10.1. The quantitative estimate of drug-likeness (QED) is 0.387. The highest BCUT2D eigenvalue weighted by Crippen LogP contribution is 2.26. The van der Waals surface area contributed by atoms with Crippen molar-refractivity contribution in [1.29, 1.82) is 0 Å². The monoisotopic (exact) mass is 470 g/mol. The first-order chi connectivity index (χ1) is 10.5. The molecule has 4 nitrogen and oxygen atoms in total. The topological polar surface area (TPSA) is 53.6 Å². The molecule has 23 heavy (non-hydrogen) atoms. The Labute approximate surface area is 165 Å². The van der Waals surface area contributed by atoms with Crippen LogP contribution < -0.4 is 11.1 Å². The average molecular weight is 471 g/mol. The van der Waals surface area contributed by atoms with E-state index in [2.05, 4.69) is 22.1 Å². The fourth-order valence-corrected chi connectivity index (χ4v) is 3.49. The van der Waals surface area contributed by atoms with Gasteiger partial charge in [-0.3, -0.25) is 9.89 Å². The number of nitrogens with zero attached hydrogens (tertiary/aromatic N) is 2. The lowest BCUT2D eigenvalue weighted by Gasteiger charge is -2.21. The first kappa shape index (κ1) is 20.8. The van der Waals surface area contributed by atoms with Crippen molar-refractivity contribution in [3.63, 3.8) is 0 Å². The molecule has 2 atom stereocenters. The molecule has 1 heterocycles. The number of likely N-dealkylation sites (tertiary alicyclic amines) is 1. The van der Waals surface area contributed by atoms with Gasteiger partial charge < -0.3 is 11.1 Å². The summed E-state index contributed by atoms with van der Waals surface area (Å²) < 4.78 is 0. The van der Waals surface area contributed by atoms with Crippen LogP contribution in [0.4, 0.5) is 0 Å². The number of halogens is 3.